The third kappa shape index (κ3) is 2.60. The molecule has 114 valence electrons. The molecule has 1 amide bonds. The van der Waals surface area contributed by atoms with Crippen LogP contribution in [0.1, 0.15) is 38.5 Å². The number of carbonyl (C=O) groups is 1. The average molecular weight is 280 g/mol. The summed E-state index contributed by atoms with van der Waals surface area (Å²) in [5.74, 6) is 1.92. The number of piperidine rings is 1. The molecule has 0 aromatic heterocycles. The molecule has 0 radical (unpaired) electrons. The molecular weight excluding hydrogens is 252 g/mol. The fraction of sp³-hybridized carbons (Fsp3) is 0.938. The minimum absolute atomic E-state index is 0.256. The molecule has 4 heteroatoms. The molecule has 3 fully saturated rings. The van der Waals surface area contributed by atoms with Gasteiger partial charge in [-0.15, -0.1) is 0 Å². The Labute approximate surface area is 122 Å². The Morgan fingerprint density at radius 3 is 2.35 bits per heavy atom. The lowest BCUT2D eigenvalue weighted by Gasteiger charge is -2.38. The summed E-state index contributed by atoms with van der Waals surface area (Å²) in [5, 5.41) is 3.37. The number of amides is 1. The predicted octanol–water partition coefficient (Wildman–Crippen LogP) is 1.65. The van der Waals surface area contributed by atoms with E-state index < -0.39 is 0 Å². The zero-order valence-corrected chi connectivity index (χ0v) is 12.7. The maximum absolute atomic E-state index is 13.1. The quantitative estimate of drug-likeness (QED) is 0.855. The van der Waals surface area contributed by atoms with Crippen LogP contribution < -0.4 is 5.32 Å². The molecule has 1 saturated carbocycles. The van der Waals surface area contributed by atoms with Gasteiger partial charge in [0.15, 0.2) is 0 Å². The third-order valence-corrected chi connectivity index (χ3v) is 5.70. The van der Waals surface area contributed by atoms with Crippen LogP contribution in [0.4, 0.5) is 0 Å². The SMILES string of the molecule is COCC1(C(=O)N2CC3CCCCC3C2)CCNCC1. The van der Waals surface area contributed by atoms with Crippen molar-refractivity contribution in [3.8, 4) is 0 Å². The third-order valence-electron chi connectivity index (χ3n) is 5.70. The van der Waals surface area contributed by atoms with Gasteiger partial charge < -0.3 is 15.0 Å². The molecule has 2 atom stereocenters. The van der Waals surface area contributed by atoms with Crippen molar-refractivity contribution in [2.75, 3.05) is 39.9 Å². The van der Waals surface area contributed by atoms with Gasteiger partial charge in [-0.1, -0.05) is 12.8 Å². The van der Waals surface area contributed by atoms with E-state index in [4.69, 9.17) is 4.74 Å². The topological polar surface area (TPSA) is 41.6 Å². The molecule has 2 aliphatic heterocycles. The van der Waals surface area contributed by atoms with Crippen molar-refractivity contribution in [3.05, 3.63) is 0 Å². The lowest BCUT2D eigenvalue weighted by Crippen LogP contribution is -2.51. The number of rotatable bonds is 3. The van der Waals surface area contributed by atoms with Crippen molar-refractivity contribution < 1.29 is 9.53 Å². The second-order valence-electron chi connectivity index (χ2n) is 6.98. The van der Waals surface area contributed by atoms with Crippen LogP contribution >= 0.6 is 0 Å². The van der Waals surface area contributed by atoms with E-state index in [2.05, 4.69) is 10.2 Å². The highest BCUT2D eigenvalue weighted by atomic mass is 16.5. The lowest BCUT2D eigenvalue weighted by molar-refractivity contribution is -0.146. The van der Waals surface area contributed by atoms with Gasteiger partial charge in [-0.25, -0.2) is 0 Å². The van der Waals surface area contributed by atoms with E-state index in [0.29, 0.717) is 12.5 Å². The van der Waals surface area contributed by atoms with Crippen molar-refractivity contribution in [1.82, 2.24) is 10.2 Å². The second-order valence-corrected chi connectivity index (χ2v) is 6.98. The van der Waals surface area contributed by atoms with Gasteiger partial charge in [0.25, 0.3) is 0 Å². The molecule has 2 heterocycles. The first-order valence-corrected chi connectivity index (χ1v) is 8.24. The van der Waals surface area contributed by atoms with Gasteiger partial charge in [-0.3, -0.25) is 4.79 Å². The number of fused-ring (bicyclic) bond motifs is 1. The van der Waals surface area contributed by atoms with E-state index in [9.17, 15) is 4.79 Å². The molecule has 0 aromatic carbocycles. The van der Waals surface area contributed by atoms with Crippen LogP contribution in [0.5, 0.6) is 0 Å². The van der Waals surface area contributed by atoms with Crippen molar-refractivity contribution >= 4 is 5.91 Å². The van der Waals surface area contributed by atoms with Crippen LogP contribution in [0.3, 0.4) is 0 Å². The molecule has 2 saturated heterocycles. The van der Waals surface area contributed by atoms with E-state index >= 15 is 0 Å². The molecule has 0 spiro atoms. The Hall–Kier alpha value is -0.610. The molecule has 20 heavy (non-hydrogen) atoms. The standard InChI is InChI=1S/C16H28N2O2/c1-20-12-16(6-8-17-9-7-16)15(19)18-10-13-4-2-3-5-14(13)11-18/h13-14,17H,2-12H2,1H3. The fourth-order valence-electron chi connectivity index (χ4n) is 4.51. The van der Waals surface area contributed by atoms with Crippen LogP contribution in [-0.2, 0) is 9.53 Å². The summed E-state index contributed by atoms with van der Waals surface area (Å²) < 4.78 is 5.41. The summed E-state index contributed by atoms with van der Waals surface area (Å²) in [5.41, 5.74) is -0.256. The Kier molecular flexibility index (Phi) is 4.32. The van der Waals surface area contributed by atoms with Crippen LogP contribution in [0, 0.1) is 17.3 Å². The largest absolute Gasteiger partial charge is 0.384 e. The zero-order chi connectivity index (χ0) is 14.0. The Morgan fingerprint density at radius 2 is 1.80 bits per heavy atom. The van der Waals surface area contributed by atoms with Gasteiger partial charge in [0.2, 0.25) is 5.91 Å². The van der Waals surface area contributed by atoms with Crippen molar-refractivity contribution in [2.24, 2.45) is 17.3 Å². The molecule has 1 aliphatic carbocycles. The number of ether oxygens (including phenoxy) is 1. The lowest BCUT2D eigenvalue weighted by atomic mass is 9.78. The maximum Gasteiger partial charge on any atom is 0.231 e. The fourth-order valence-corrected chi connectivity index (χ4v) is 4.51. The monoisotopic (exact) mass is 280 g/mol. The molecule has 3 rings (SSSR count). The van der Waals surface area contributed by atoms with Gasteiger partial charge in [0.05, 0.1) is 12.0 Å². The predicted molar refractivity (Wildman–Crippen MR) is 78.4 cm³/mol. The first-order valence-electron chi connectivity index (χ1n) is 8.24. The van der Waals surface area contributed by atoms with E-state index in [-0.39, 0.29) is 5.41 Å². The second kappa shape index (κ2) is 6.02. The number of hydrogen-bond acceptors (Lipinski definition) is 3. The Balaban J connectivity index is 1.70. The molecule has 0 aromatic rings. The molecule has 3 aliphatic rings. The van der Waals surface area contributed by atoms with Gasteiger partial charge >= 0.3 is 0 Å². The normalized spacial score (nSPS) is 33.0. The number of nitrogens with zero attached hydrogens (tertiary/aromatic N) is 1. The summed E-state index contributed by atoms with van der Waals surface area (Å²) in [7, 11) is 1.72. The summed E-state index contributed by atoms with van der Waals surface area (Å²) in [6, 6.07) is 0. The molecule has 0 bridgehead atoms. The van der Waals surface area contributed by atoms with Gasteiger partial charge in [-0.05, 0) is 50.6 Å². The number of likely N-dealkylation sites (tertiary alicyclic amines) is 1. The van der Waals surface area contributed by atoms with Crippen molar-refractivity contribution in [2.45, 2.75) is 38.5 Å². The van der Waals surface area contributed by atoms with E-state index in [1.165, 1.54) is 25.7 Å². The highest BCUT2D eigenvalue weighted by Crippen LogP contribution is 2.39. The van der Waals surface area contributed by atoms with Gasteiger partial charge in [0, 0.05) is 20.2 Å². The van der Waals surface area contributed by atoms with Gasteiger partial charge in [-0.2, -0.15) is 0 Å². The number of methoxy groups -OCH3 is 1. The summed E-state index contributed by atoms with van der Waals surface area (Å²) in [4.78, 5) is 15.2. The van der Waals surface area contributed by atoms with Crippen LogP contribution in [0.2, 0.25) is 0 Å². The van der Waals surface area contributed by atoms with Crippen LogP contribution in [-0.4, -0.2) is 50.7 Å². The Bertz CT molecular complexity index is 333. The highest BCUT2D eigenvalue weighted by Gasteiger charge is 2.46. The average Bonchev–Trinajstić information content (AvgIpc) is 2.91. The molecule has 4 nitrogen and oxygen atoms in total. The zero-order valence-electron chi connectivity index (χ0n) is 12.7. The van der Waals surface area contributed by atoms with Crippen LogP contribution in [0.25, 0.3) is 0 Å². The number of hydrogen-bond donors (Lipinski definition) is 1. The first-order chi connectivity index (χ1) is 9.75. The van der Waals surface area contributed by atoms with E-state index in [0.717, 1.165) is 50.9 Å². The molecular formula is C16H28N2O2. The summed E-state index contributed by atoms with van der Waals surface area (Å²) >= 11 is 0. The molecule has 1 N–H and O–H groups in total. The summed E-state index contributed by atoms with van der Waals surface area (Å²) in [6.07, 6.45) is 7.21. The highest BCUT2D eigenvalue weighted by molar-refractivity contribution is 5.83. The summed E-state index contributed by atoms with van der Waals surface area (Å²) in [6.45, 7) is 4.47. The van der Waals surface area contributed by atoms with Crippen molar-refractivity contribution in [3.63, 3.8) is 0 Å². The van der Waals surface area contributed by atoms with Gasteiger partial charge in [0.1, 0.15) is 0 Å². The number of carbonyl (C=O) groups excluding carboxylic acids is 1. The van der Waals surface area contributed by atoms with Crippen molar-refractivity contribution in [1.29, 1.82) is 0 Å². The minimum Gasteiger partial charge on any atom is -0.384 e. The minimum atomic E-state index is -0.256. The Morgan fingerprint density at radius 1 is 1.20 bits per heavy atom. The smallest absolute Gasteiger partial charge is 0.231 e. The van der Waals surface area contributed by atoms with Crippen LogP contribution in [0.15, 0.2) is 0 Å². The van der Waals surface area contributed by atoms with E-state index in [1.54, 1.807) is 7.11 Å². The number of nitrogens with one attached hydrogen (secondary N) is 1. The maximum atomic E-state index is 13.1. The molecule has 2 unspecified atom stereocenters. The van der Waals surface area contributed by atoms with E-state index in [1.807, 2.05) is 0 Å². The first kappa shape index (κ1) is 14.3.